The maximum absolute atomic E-state index is 13.1. The van der Waals surface area contributed by atoms with Crippen LogP contribution in [0.15, 0.2) is 85.0 Å². The Kier molecular flexibility index (Phi) is 7.68. The molecule has 4 rings (SSSR count). The largest absolute Gasteiger partial charge is 0.416 e. The van der Waals surface area contributed by atoms with Crippen molar-refractivity contribution in [2.24, 2.45) is 0 Å². The zero-order chi connectivity index (χ0) is 27.4. The number of aliphatic hydroxyl groups excluding tert-OH is 1. The van der Waals surface area contributed by atoms with Crippen LogP contribution in [0.1, 0.15) is 22.3 Å². The lowest BCUT2D eigenvalue weighted by atomic mass is 9.96. The van der Waals surface area contributed by atoms with Gasteiger partial charge in [0.2, 0.25) is 5.91 Å². The number of hydrogen-bond acceptors (Lipinski definition) is 4. The second-order valence-corrected chi connectivity index (χ2v) is 8.99. The van der Waals surface area contributed by atoms with E-state index >= 15 is 0 Å². The van der Waals surface area contributed by atoms with Gasteiger partial charge in [-0.25, -0.2) is 0 Å². The van der Waals surface area contributed by atoms with Gasteiger partial charge in [0.1, 0.15) is 6.10 Å². The Morgan fingerprint density at radius 1 is 1.03 bits per heavy atom. The molecule has 1 aliphatic rings. The van der Waals surface area contributed by atoms with E-state index in [4.69, 9.17) is 0 Å². The summed E-state index contributed by atoms with van der Waals surface area (Å²) in [5.74, 6) is -0.948. The zero-order valence-corrected chi connectivity index (χ0v) is 20.7. The summed E-state index contributed by atoms with van der Waals surface area (Å²) in [6.07, 6.45) is -1.09. The van der Waals surface area contributed by atoms with E-state index < -0.39 is 29.7 Å². The van der Waals surface area contributed by atoms with Gasteiger partial charge in [-0.1, -0.05) is 42.5 Å². The Labute approximate surface area is 218 Å². The van der Waals surface area contributed by atoms with Crippen molar-refractivity contribution in [3.05, 3.63) is 107 Å². The fraction of sp³-hybridized carbons (Fsp3) is 0.172. The number of benzene rings is 3. The first-order valence-electron chi connectivity index (χ1n) is 11.8. The minimum absolute atomic E-state index is 0.0717. The zero-order valence-electron chi connectivity index (χ0n) is 20.7. The highest BCUT2D eigenvalue weighted by Gasteiger charge is 2.30. The van der Waals surface area contributed by atoms with Gasteiger partial charge >= 0.3 is 6.18 Å². The highest BCUT2D eigenvalue weighted by atomic mass is 19.4. The predicted octanol–water partition coefficient (Wildman–Crippen LogP) is 5.25. The van der Waals surface area contributed by atoms with E-state index in [-0.39, 0.29) is 6.42 Å². The van der Waals surface area contributed by atoms with Crippen LogP contribution in [-0.4, -0.2) is 37.1 Å². The molecular formula is C29H26F3N3O3. The molecule has 3 aromatic rings. The van der Waals surface area contributed by atoms with Crippen molar-refractivity contribution in [3.8, 4) is 0 Å². The van der Waals surface area contributed by atoms with Crippen molar-refractivity contribution in [2.75, 3.05) is 29.6 Å². The van der Waals surface area contributed by atoms with Crippen molar-refractivity contribution in [1.29, 1.82) is 0 Å². The summed E-state index contributed by atoms with van der Waals surface area (Å²) in [5.41, 5.74) is 3.77. The van der Waals surface area contributed by atoms with Crippen LogP contribution in [0.5, 0.6) is 0 Å². The van der Waals surface area contributed by atoms with Gasteiger partial charge in [0.15, 0.2) is 0 Å². The monoisotopic (exact) mass is 521 g/mol. The van der Waals surface area contributed by atoms with E-state index in [1.54, 1.807) is 24.3 Å². The Bertz CT molecular complexity index is 1390. The molecule has 0 aliphatic carbocycles. The predicted molar refractivity (Wildman–Crippen MR) is 142 cm³/mol. The molecule has 0 aromatic heterocycles. The number of halogens is 3. The number of anilines is 3. The molecule has 1 heterocycles. The van der Waals surface area contributed by atoms with Gasteiger partial charge in [0.25, 0.3) is 5.91 Å². The van der Waals surface area contributed by atoms with Gasteiger partial charge in [0, 0.05) is 49.2 Å². The SMILES string of the molecule is CN(C)c1ccc(C(=CC=CC(=O)Nc2cccc3c2CC(O)C(=O)N3)c2ccc(C(F)(F)F)cc2)cc1. The Morgan fingerprint density at radius 3 is 2.26 bits per heavy atom. The average molecular weight is 522 g/mol. The summed E-state index contributed by atoms with van der Waals surface area (Å²) in [4.78, 5) is 26.3. The van der Waals surface area contributed by atoms with E-state index in [1.165, 1.54) is 24.3 Å². The molecule has 3 N–H and O–H groups in total. The Morgan fingerprint density at radius 2 is 1.66 bits per heavy atom. The number of carbonyl (C=O) groups is 2. The Balaban J connectivity index is 1.60. The molecule has 9 heteroatoms. The van der Waals surface area contributed by atoms with Gasteiger partial charge < -0.3 is 20.6 Å². The second kappa shape index (κ2) is 10.9. The van der Waals surface area contributed by atoms with E-state index in [1.807, 2.05) is 43.3 Å². The number of hydrogen-bond donors (Lipinski definition) is 3. The summed E-state index contributed by atoms with van der Waals surface area (Å²) in [6.45, 7) is 0. The fourth-order valence-corrected chi connectivity index (χ4v) is 4.09. The van der Waals surface area contributed by atoms with Gasteiger partial charge in [-0.3, -0.25) is 9.59 Å². The first-order chi connectivity index (χ1) is 18.0. The average Bonchev–Trinajstić information content (AvgIpc) is 2.87. The smallest absolute Gasteiger partial charge is 0.383 e. The lowest BCUT2D eigenvalue weighted by Crippen LogP contribution is -2.34. The van der Waals surface area contributed by atoms with Crippen LogP contribution >= 0.6 is 0 Å². The minimum Gasteiger partial charge on any atom is -0.383 e. The van der Waals surface area contributed by atoms with Crippen LogP contribution in [0.3, 0.4) is 0 Å². The second-order valence-electron chi connectivity index (χ2n) is 8.99. The van der Waals surface area contributed by atoms with Crippen molar-refractivity contribution >= 4 is 34.4 Å². The lowest BCUT2D eigenvalue weighted by Gasteiger charge is -2.23. The summed E-state index contributed by atoms with van der Waals surface area (Å²) < 4.78 is 39.2. The van der Waals surface area contributed by atoms with Gasteiger partial charge in [-0.05, 0) is 53.1 Å². The summed E-state index contributed by atoms with van der Waals surface area (Å²) in [5, 5.41) is 15.3. The summed E-state index contributed by atoms with van der Waals surface area (Å²) in [7, 11) is 3.81. The summed E-state index contributed by atoms with van der Waals surface area (Å²) in [6, 6.07) is 17.4. The molecular weight excluding hydrogens is 495 g/mol. The molecule has 1 unspecified atom stereocenters. The number of nitrogens with zero attached hydrogens (tertiary/aromatic N) is 1. The first-order valence-corrected chi connectivity index (χ1v) is 11.8. The number of nitrogens with one attached hydrogen (secondary N) is 2. The molecule has 6 nitrogen and oxygen atoms in total. The molecule has 0 radical (unpaired) electrons. The van der Waals surface area contributed by atoms with Crippen LogP contribution < -0.4 is 15.5 Å². The van der Waals surface area contributed by atoms with Gasteiger partial charge in [0.05, 0.1) is 5.56 Å². The normalized spacial score (nSPS) is 15.7. The number of amides is 2. The number of allylic oxidation sites excluding steroid dienone is 2. The molecule has 38 heavy (non-hydrogen) atoms. The molecule has 3 aromatic carbocycles. The maximum Gasteiger partial charge on any atom is 0.416 e. The molecule has 1 atom stereocenters. The Hall–Kier alpha value is -4.37. The standard InChI is InChI=1S/C29H26F3N3O3/c1-35(2)21-15-11-19(12-16-21)22(18-9-13-20(14-10-18)29(30,31)32)5-3-8-27(37)33-24-6-4-7-25-23(24)17-26(36)28(38)34-25/h3-16,26,36H,17H2,1-2H3,(H,33,37)(H,34,38). The number of fused-ring (bicyclic) bond motifs is 1. The van der Waals surface area contributed by atoms with Crippen LogP contribution in [0, 0.1) is 0 Å². The van der Waals surface area contributed by atoms with Crippen LogP contribution in [0.4, 0.5) is 30.2 Å². The topological polar surface area (TPSA) is 81.7 Å². The molecule has 0 saturated heterocycles. The van der Waals surface area contributed by atoms with Crippen molar-refractivity contribution in [3.63, 3.8) is 0 Å². The molecule has 1 aliphatic heterocycles. The first kappa shape index (κ1) is 26.7. The van der Waals surface area contributed by atoms with Crippen LogP contribution in [0.25, 0.3) is 5.57 Å². The third-order valence-corrected chi connectivity index (χ3v) is 6.12. The van der Waals surface area contributed by atoms with Crippen molar-refractivity contribution in [2.45, 2.75) is 18.7 Å². The lowest BCUT2D eigenvalue weighted by molar-refractivity contribution is -0.137. The van der Waals surface area contributed by atoms with E-state index in [0.29, 0.717) is 28.1 Å². The quantitative estimate of drug-likeness (QED) is 0.306. The molecule has 2 amide bonds. The fourth-order valence-electron chi connectivity index (χ4n) is 4.09. The molecule has 196 valence electrons. The molecule has 0 spiro atoms. The minimum atomic E-state index is -4.44. The van der Waals surface area contributed by atoms with Crippen molar-refractivity contribution < 1.29 is 27.9 Å². The number of rotatable bonds is 6. The molecule has 0 saturated carbocycles. The molecule has 0 bridgehead atoms. The van der Waals surface area contributed by atoms with E-state index in [2.05, 4.69) is 10.6 Å². The number of alkyl halides is 3. The van der Waals surface area contributed by atoms with E-state index in [9.17, 15) is 27.9 Å². The molecule has 0 fully saturated rings. The van der Waals surface area contributed by atoms with Gasteiger partial charge in [-0.15, -0.1) is 0 Å². The number of carbonyl (C=O) groups excluding carboxylic acids is 2. The van der Waals surface area contributed by atoms with Crippen LogP contribution in [-0.2, 0) is 22.2 Å². The van der Waals surface area contributed by atoms with Crippen molar-refractivity contribution in [1.82, 2.24) is 0 Å². The highest BCUT2D eigenvalue weighted by molar-refractivity contribution is 6.03. The highest BCUT2D eigenvalue weighted by Crippen LogP contribution is 2.32. The van der Waals surface area contributed by atoms with Gasteiger partial charge in [-0.2, -0.15) is 13.2 Å². The third-order valence-electron chi connectivity index (χ3n) is 6.12. The third kappa shape index (κ3) is 6.12. The van der Waals surface area contributed by atoms with Crippen LogP contribution in [0.2, 0.25) is 0 Å². The summed E-state index contributed by atoms with van der Waals surface area (Å²) >= 11 is 0. The van der Waals surface area contributed by atoms with E-state index in [0.717, 1.165) is 23.4 Å². The number of aliphatic hydroxyl groups is 1. The maximum atomic E-state index is 13.1.